The molecule has 2 aromatic carbocycles. The first-order chi connectivity index (χ1) is 11.1. The zero-order chi connectivity index (χ0) is 16.2. The molecule has 1 heterocycles. The van der Waals surface area contributed by atoms with Gasteiger partial charge in [0.05, 0.1) is 6.04 Å². The molecule has 4 nitrogen and oxygen atoms in total. The Balaban J connectivity index is 1.58. The first-order valence-corrected chi connectivity index (χ1v) is 8.06. The largest absolute Gasteiger partial charge is 0.348 e. The number of carbonyl (C=O) groups excluding carboxylic acids is 1. The van der Waals surface area contributed by atoms with E-state index in [1.54, 1.807) is 0 Å². The van der Waals surface area contributed by atoms with E-state index >= 15 is 0 Å². The van der Waals surface area contributed by atoms with Gasteiger partial charge in [-0.15, -0.1) is 0 Å². The summed E-state index contributed by atoms with van der Waals surface area (Å²) >= 11 is 0. The highest BCUT2D eigenvalue weighted by atomic mass is 16.2. The zero-order valence-corrected chi connectivity index (χ0v) is 13.5. The van der Waals surface area contributed by atoms with Crippen LogP contribution in [0.4, 0.5) is 0 Å². The summed E-state index contributed by atoms with van der Waals surface area (Å²) < 4.78 is 0. The topological polar surface area (TPSA) is 53.2 Å². The molecule has 3 atom stereocenters. The van der Waals surface area contributed by atoms with Crippen molar-refractivity contribution in [3.63, 3.8) is 0 Å². The molecule has 4 heteroatoms. The van der Waals surface area contributed by atoms with Crippen molar-refractivity contribution in [3.8, 4) is 0 Å². The SMILES string of the molecule is Cc1ccc(C2CC(C(=O)NC(C)c3ccccc3)NN2)cc1. The Labute approximate surface area is 137 Å². The quantitative estimate of drug-likeness (QED) is 0.814. The van der Waals surface area contributed by atoms with E-state index in [4.69, 9.17) is 0 Å². The van der Waals surface area contributed by atoms with E-state index in [1.165, 1.54) is 11.1 Å². The van der Waals surface area contributed by atoms with Gasteiger partial charge in [-0.2, -0.15) is 0 Å². The van der Waals surface area contributed by atoms with Gasteiger partial charge in [-0.25, -0.2) is 10.9 Å². The van der Waals surface area contributed by atoms with Gasteiger partial charge in [0.25, 0.3) is 0 Å². The van der Waals surface area contributed by atoms with Crippen LogP contribution in [0, 0.1) is 6.92 Å². The Bertz CT molecular complexity index is 654. The van der Waals surface area contributed by atoms with Crippen LogP contribution in [0.1, 0.15) is 42.1 Å². The standard InChI is InChI=1S/C19H23N3O/c1-13-8-10-16(11-9-13)17-12-18(22-21-17)19(23)20-14(2)15-6-4-3-5-7-15/h3-11,14,17-18,21-22H,12H2,1-2H3,(H,20,23). The minimum Gasteiger partial charge on any atom is -0.348 e. The van der Waals surface area contributed by atoms with E-state index < -0.39 is 0 Å². The summed E-state index contributed by atoms with van der Waals surface area (Å²) in [6.45, 7) is 4.08. The molecule has 3 unspecified atom stereocenters. The fourth-order valence-corrected chi connectivity index (χ4v) is 2.88. The highest BCUT2D eigenvalue weighted by Crippen LogP contribution is 2.23. The van der Waals surface area contributed by atoms with Gasteiger partial charge in [-0.1, -0.05) is 60.2 Å². The van der Waals surface area contributed by atoms with Crippen molar-refractivity contribution in [2.24, 2.45) is 0 Å². The van der Waals surface area contributed by atoms with Gasteiger partial charge < -0.3 is 5.32 Å². The molecule has 0 bridgehead atoms. The predicted molar refractivity (Wildman–Crippen MR) is 91.6 cm³/mol. The van der Waals surface area contributed by atoms with Crippen LogP contribution in [-0.4, -0.2) is 11.9 Å². The Morgan fingerprint density at radius 2 is 1.78 bits per heavy atom. The van der Waals surface area contributed by atoms with Crippen LogP contribution in [0.5, 0.6) is 0 Å². The Morgan fingerprint density at radius 3 is 2.48 bits per heavy atom. The Kier molecular flexibility index (Phi) is 4.74. The van der Waals surface area contributed by atoms with E-state index in [0.29, 0.717) is 0 Å². The predicted octanol–water partition coefficient (Wildman–Crippen LogP) is 2.78. The lowest BCUT2D eigenvalue weighted by Gasteiger charge is -2.17. The van der Waals surface area contributed by atoms with Crippen molar-refractivity contribution in [1.82, 2.24) is 16.2 Å². The lowest BCUT2D eigenvalue weighted by atomic mass is 10.0. The Hall–Kier alpha value is -2.17. The van der Waals surface area contributed by atoms with Gasteiger partial charge >= 0.3 is 0 Å². The Morgan fingerprint density at radius 1 is 1.09 bits per heavy atom. The molecule has 3 rings (SSSR count). The third-order valence-corrected chi connectivity index (χ3v) is 4.36. The summed E-state index contributed by atoms with van der Waals surface area (Å²) in [6.07, 6.45) is 0.746. The fraction of sp³-hybridized carbons (Fsp3) is 0.316. The van der Waals surface area contributed by atoms with Gasteiger partial charge in [0.1, 0.15) is 6.04 Å². The van der Waals surface area contributed by atoms with Crippen molar-refractivity contribution in [3.05, 3.63) is 71.3 Å². The molecular formula is C19H23N3O. The van der Waals surface area contributed by atoms with Gasteiger partial charge in [0.15, 0.2) is 0 Å². The number of aryl methyl sites for hydroxylation is 1. The monoisotopic (exact) mass is 309 g/mol. The number of amides is 1. The average Bonchev–Trinajstić information content (AvgIpc) is 3.06. The van der Waals surface area contributed by atoms with Crippen molar-refractivity contribution in [2.45, 2.75) is 38.4 Å². The molecule has 1 aliphatic rings. The molecule has 1 aliphatic heterocycles. The first-order valence-electron chi connectivity index (χ1n) is 8.06. The molecular weight excluding hydrogens is 286 g/mol. The minimum absolute atomic E-state index is 0.00363. The van der Waals surface area contributed by atoms with Crippen LogP contribution < -0.4 is 16.2 Å². The van der Waals surface area contributed by atoms with E-state index in [9.17, 15) is 4.79 Å². The number of hydrogen-bond donors (Lipinski definition) is 3. The van der Waals surface area contributed by atoms with E-state index in [0.717, 1.165) is 12.0 Å². The smallest absolute Gasteiger partial charge is 0.239 e. The van der Waals surface area contributed by atoms with Gasteiger partial charge in [0, 0.05) is 6.04 Å². The number of hydrogen-bond acceptors (Lipinski definition) is 3. The van der Waals surface area contributed by atoms with E-state index in [2.05, 4.69) is 47.4 Å². The summed E-state index contributed by atoms with van der Waals surface area (Å²) in [7, 11) is 0. The van der Waals surface area contributed by atoms with Crippen molar-refractivity contribution in [1.29, 1.82) is 0 Å². The zero-order valence-electron chi connectivity index (χ0n) is 13.5. The molecule has 1 amide bonds. The van der Waals surface area contributed by atoms with Crippen LogP contribution in [-0.2, 0) is 4.79 Å². The minimum atomic E-state index is -0.215. The third kappa shape index (κ3) is 3.78. The second-order valence-electron chi connectivity index (χ2n) is 6.18. The second-order valence-corrected chi connectivity index (χ2v) is 6.18. The molecule has 2 aromatic rings. The molecule has 0 spiro atoms. The maximum atomic E-state index is 12.4. The van der Waals surface area contributed by atoms with Crippen molar-refractivity contribution >= 4 is 5.91 Å². The summed E-state index contributed by atoms with van der Waals surface area (Å²) in [5.74, 6) is 0.0310. The summed E-state index contributed by atoms with van der Waals surface area (Å²) in [4.78, 5) is 12.4. The molecule has 1 fully saturated rings. The molecule has 0 saturated carbocycles. The highest BCUT2D eigenvalue weighted by molar-refractivity contribution is 5.82. The summed E-state index contributed by atoms with van der Waals surface area (Å²) in [5.41, 5.74) is 9.90. The van der Waals surface area contributed by atoms with Crippen LogP contribution in [0.25, 0.3) is 0 Å². The number of carbonyl (C=O) groups is 1. The first kappa shape index (κ1) is 15.7. The number of rotatable bonds is 4. The average molecular weight is 309 g/mol. The van der Waals surface area contributed by atoms with E-state index in [-0.39, 0.29) is 24.0 Å². The molecule has 3 N–H and O–H groups in total. The van der Waals surface area contributed by atoms with Crippen LogP contribution in [0.15, 0.2) is 54.6 Å². The van der Waals surface area contributed by atoms with Crippen molar-refractivity contribution in [2.75, 3.05) is 0 Å². The lowest BCUT2D eigenvalue weighted by molar-refractivity contribution is -0.123. The lowest BCUT2D eigenvalue weighted by Crippen LogP contribution is -2.43. The number of nitrogens with one attached hydrogen (secondary N) is 3. The van der Waals surface area contributed by atoms with Crippen LogP contribution in [0.3, 0.4) is 0 Å². The number of hydrazine groups is 1. The highest BCUT2D eigenvalue weighted by Gasteiger charge is 2.30. The number of benzene rings is 2. The third-order valence-electron chi connectivity index (χ3n) is 4.36. The maximum absolute atomic E-state index is 12.4. The second kappa shape index (κ2) is 6.94. The fourth-order valence-electron chi connectivity index (χ4n) is 2.88. The molecule has 0 aliphatic carbocycles. The maximum Gasteiger partial charge on any atom is 0.239 e. The molecule has 23 heavy (non-hydrogen) atoms. The molecule has 0 radical (unpaired) electrons. The summed E-state index contributed by atoms with van der Waals surface area (Å²) in [6, 6.07) is 18.4. The van der Waals surface area contributed by atoms with Gasteiger partial charge in [-0.05, 0) is 31.4 Å². The molecule has 120 valence electrons. The normalized spacial score (nSPS) is 21.8. The molecule has 1 saturated heterocycles. The molecule has 0 aromatic heterocycles. The van der Waals surface area contributed by atoms with Gasteiger partial charge in [-0.3, -0.25) is 4.79 Å². The summed E-state index contributed by atoms with van der Waals surface area (Å²) in [5, 5.41) is 3.08. The van der Waals surface area contributed by atoms with E-state index in [1.807, 2.05) is 37.3 Å². The van der Waals surface area contributed by atoms with Gasteiger partial charge in [0.2, 0.25) is 5.91 Å². The van der Waals surface area contributed by atoms with Crippen LogP contribution >= 0.6 is 0 Å². The van der Waals surface area contributed by atoms with Crippen LogP contribution in [0.2, 0.25) is 0 Å². The van der Waals surface area contributed by atoms with Crippen molar-refractivity contribution < 1.29 is 4.79 Å².